The number of nitrogens with two attached hydrogens (primary N) is 1. The van der Waals surface area contributed by atoms with Crippen LogP contribution in [0, 0.1) is 13.8 Å². The fourth-order valence-electron chi connectivity index (χ4n) is 4.93. The standard InChI is InChI=1S/C35H40N2O2/c1-27-14-15-30(24-28(27)2)25-37(22-9-23-39-33-19-16-29(17-20-33)18-21-35(36)38)26-34(31-10-5-3-6-11-31)32-12-7-4-8-13-32/h3-8,10-17,19-20,24,34H,9,18,21-23,25-26H2,1-2H3,(H2,36,38). The molecule has 39 heavy (non-hydrogen) atoms. The minimum absolute atomic E-state index is 0.276. The molecule has 0 spiro atoms. The van der Waals surface area contributed by atoms with Gasteiger partial charge in [0.15, 0.2) is 0 Å². The first-order valence-electron chi connectivity index (χ1n) is 13.9. The van der Waals surface area contributed by atoms with Gasteiger partial charge < -0.3 is 10.5 Å². The molecule has 0 aromatic heterocycles. The van der Waals surface area contributed by atoms with Crippen LogP contribution in [0.15, 0.2) is 103 Å². The number of ether oxygens (including phenoxy) is 1. The zero-order chi connectivity index (χ0) is 27.5. The summed E-state index contributed by atoms with van der Waals surface area (Å²) in [5.41, 5.74) is 13.0. The number of aryl methyl sites for hydroxylation is 3. The molecule has 4 nitrogen and oxygen atoms in total. The summed E-state index contributed by atoms with van der Waals surface area (Å²) < 4.78 is 6.08. The summed E-state index contributed by atoms with van der Waals surface area (Å²) in [6.07, 6.45) is 1.95. The molecule has 0 aliphatic rings. The molecule has 0 heterocycles. The van der Waals surface area contributed by atoms with Crippen molar-refractivity contribution in [1.29, 1.82) is 0 Å². The van der Waals surface area contributed by atoms with Crippen LogP contribution in [0.4, 0.5) is 0 Å². The number of primary amides is 1. The molecule has 4 rings (SSSR count). The van der Waals surface area contributed by atoms with Crippen LogP contribution in [0.25, 0.3) is 0 Å². The fourth-order valence-corrected chi connectivity index (χ4v) is 4.93. The Labute approximate surface area is 233 Å². The Hall–Kier alpha value is -3.89. The Kier molecular flexibility index (Phi) is 10.3. The van der Waals surface area contributed by atoms with E-state index in [0.717, 1.165) is 37.4 Å². The number of hydrogen-bond donors (Lipinski definition) is 1. The smallest absolute Gasteiger partial charge is 0.217 e. The van der Waals surface area contributed by atoms with Crippen molar-refractivity contribution in [3.8, 4) is 5.75 Å². The normalized spacial score (nSPS) is 11.2. The molecule has 4 aromatic rings. The predicted molar refractivity (Wildman–Crippen MR) is 160 cm³/mol. The van der Waals surface area contributed by atoms with Crippen molar-refractivity contribution in [2.24, 2.45) is 5.73 Å². The van der Waals surface area contributed by atoms with E-state index in [-0.39, 0.29) is 11.8 Å². The maximum atomic E-state index is 11.0. The third-order valence-electron chi connectivity index (χ3n) is 7.29. The Morgan fingerprint density at radius 3 is 2.00 bits per heavy atom. The maximum absolute atomic E-state index is 11.0. The zero-order valence-electron chi connectivity index (χ0n) is 23.2. The van der Waals surface area contributed by atoms with Gasteiger partial charge in [0, 0.05) is 32.0 Å². The van der Waals surface area contributed by atoms with E-state index in [2.05, 4.69) is 97.6 Å². The maximum Gasteiger partial charge on any atom is 0.217 e. The Bertz CT molecular complexity index is 1260. The second kappa shape index (κ2) is 14.3. The van der Waals surface area contributed by atoms with Gasteiger partial charge in [-0.2, -0.15) is 0 Å². The third kappa shape index (κ3) is 8.83. The summed E-state index contributed by atoms with van der Waals surface area (Å²) in [5.74, 6) is 0.861. The van der Waals surface area contributed by atoms with Crippen LogP contribution >= 0.6 is 0 Å². The minimum Gasteiger partial charge on any atom is -0.494 e. The first-order valence-corrected chi connectivity index (χ1v) is 13.9. The van der Waals surface area contributed by atoms with Crippen LogP contribution in [0.3, 0.4) is 0 Å². The number of benzene rings is 4. The minimum atomic E-state index is -0.276. The highest BCUT2D eigenvalue weighted by atomic mass is 16.5. The Balaban J connectivity index is 1.44. The molecule has 0 radical (unpaired) electrons. The molecule has 0 unspecified atom stereocenters. The first-order chi connectivity index (χ1) is 19.0. The lowest BCUT2D eigenvalue weighted by Crippen LogP contribution is -2.30. The molecule has 0 fully saturated rings. The Morgan fingerprint density at radius 1 is 0.795 bits per heavy atom. The monoisotopic (exact) mass is 520 g/mol. The molecule has 1 amide bonds. The number of nitrogens with zero attached hydrogens (tertiary/aromatic N) is 1. The molecule has 4 aromatic carbocycles. The molecule has 2 N–H and O–H groups in total. The average Bonchev–Trinajstić information content (AvgIpc) is 2.96. The zero-order valence-corrected chi connectivity index (χ0v) is 23.2. The van der Waals surface area contributed by atoms with Crippen LogP contribution in [-0.4, -0.2) is 30.5 Å². The van der Waals surface area contributed by atoms with Crippen molar-refractivity contribution < 1.29 is 9.53 Å². The molecular weight excluding hydrogens is 480 g/mol. The van der Waals surface area contributed by atoms with Gasteiger partial charge >= 0.3 is 0 Å². The number of hydrogen-bond acceptors (Lipinski definition) is 3. The molecule has 202 valence electrons. The van der Waals surface area contributed by atoms with Crippen molar-refractivity contribution in [3.05, 3.63) is 137 Å². The van der Waals surface area contributed by atoms with Crippen molar-refractivity contribution in [2.75, 3.05) is 19.7 Å². The average molecular weight is 521 g/mol. The van der Waals surface area contributed by atoms with Gasteiger partial charge in [0.2, 0.25) is 5.91 Å². The molecule has 0 saturated carbocycles. The van der Waals surface area contributed by atoms with E-state index in [1.54, 1.807) is 0 Å². The number of carbonyl (C=O) groups excluding carboxylic acids is 1. The number of carbonyl (C=O) groups is 1. The van der Waals surface area contributed by atoms with E-state index in [1.807, 2.05) is 24.3 Å². The van der Waals surface area contributed by atoms with Gasteiger partial charge in [-0.05, 0) is 72.2 Å². The molecule has 0 aliphatic carbocycles. The third-order valence-corrected chi connectivity index (χ3v) is 7.29. The summed E-state index contributed by atoms with van der Waals surface area (Å²) in [5, 5.41) is 0. The molecule has 0 bridgehead atoms. The highest BCUT2D eigenvalue weighted by Crippen LogP contribution is 2.27. The van der Waals surface area contributed by atoms with Gasteiger partial charge in [0.25, 0.3) is 0 Å². The lowest BCUT2D eigenvalue weighted by molar-refractivity contribution is -0.117. The van der Waals surface area contributed by atoms with Crippen LogP contribution < -0.4 is 10.5 Å². The lowest BCUT2D eigenvalue weighted by Gasteiger charge is -2.29. The van der Waals surface area contributed by atoms with Crippen LogP contribution in [0.5, 0.6) is 5.75 Å². The van der Waals surface area contributed by atoms with Crippen LogP contribution in [-0.2, 0) is 17.8 Å². The van der Waals surface area contributed by atoms with Gasteiger partial charge in [0.05, 0.1) is 6.61 Å². The predicted octanol–water partition coefficient (Wildman–Crippen LogP) is 6.82. The highest BCUT2D eigenvalue weighted by Gasteiger charge is 2.19. The summed E-state index contributed by atoms with van der Waals surface area (Å²) >= 11 is 0. The topological polar surface area (TPSA) is 55.6 Å². The van der Waals surface area contributed by atoms with Crippen molar-refractivity contribution in [1.82, 2.24) is 4.90 Å². The van der Waals surface area contributed by atoms with E-state index >= 15 is 0 Å². The van der Waals surface area contributed by atoms with E-state index in [1.165, 1.54) is 27.8 Å². The van der Waals surface area contributed by atoms with Crippen molar-refractivity contribution >= 4 is 5.91 Å². The molecule has 0 atom stereocenters. The summed E-state index contributed by atoms with van der Waals surface area (Å²) in [6.45, 7) is 7.75. The SMILES string of the molecule is Cc1ccc(CN(CCCOc2ccc(CCC(N)=O)cc2)CC(c2ccccc2)c2ccccc2)cc1C. The van der Waals surface area contributed by atoms with Crippen LogP contribution in [0.2, 0.25) is 0 Å². The second-order valence-electron chi connectivity index (χ2n) is 10.3. The van der Waals surface area contributed by atoms with E-state index < -0.39 is 0 Å². The molecular formula is C35H40N2O2. The number of amides is 1. The second-order valence-corrected chi connectivity index (χ2v) is 10.3. The summed E-state index contributed by atoms with van der Waals surface area (Å²) in [6, 6.07) is 36.4. The highest BCUT2D eigenvalue weighted by molar-refractivity contribution is 5.74. The van der Waals surface area contributed by atoms with Crippen molar-refractivity contribution in [3.63, 3.8) is 0 Å². The van der Waals surface area contributed by atoms with Gasteiger partial charge in [-0.25, -0.2) is 0 Å². The lowest BCUT2D eigenvalue weighted by atomic mass is 9.90. The van der Waals surface area contributed by atoms with E-state index in [4.69, 9.17) is 10.5 Å². The van der Waals surface area contributed by atoms with Crippen molar-refractivity contribution in [2.45, 2.75) is 45.6 Å². The molecule has 0 saturated heterocycles. The van der Waals surface area contributed by atoms with E-state index in [0.29, 0.717) is 19.4 Å². The quantitative estimate of drug-likeness (QED) is 0.186. The van der Waals surface area contributed by atoms with Gasteiger partial charge in [-0.1, -0.05) is 91.0 Å². The van der Waals surface area contributed by atoms with Gasteiger partial charge in [0.1, 0.15) is 5.75 Å². The largest absolute Gasteiger partial charge is 0.494 e. The fraction of sp³-hybridized carbons (Fsp3) is 0.286. The molecule has 4 heteroatoms. The summed E-state index contributed by atoms with van der Waals surface area (Å²) in [7, 11) is 0. The van der Waals surface area contributed by atoms with Gasteiger partial charge in [-0.3, -0.25) is 9.69 Å². The first kappa shape index (κ1) is 28.1. The number of rotatable bonds is 14. The summed E-state index contributed by atoms with van der Waals surface area (Å²) in [4.78, 5) is 13.6. The van der Waals surface area contributed by atoms with Crippen LogP contribution in [0.1, 0.15) is 52.1 Å². The molecule has 0 aliphatic heterocycles. The van der Waals surface area contributed by atoms with Gasteiger partial charge in [-0.15, -0.1) is 0 Å². The van der Waals surface area contributed by atoms with E-state index in [9.17, 15) is 4.79 Å². The Morgan fingerprint density at radius 2 is 1.41 bits per heavy atom.